The summed E-state index contributed by atoms with van der Waals surface area (Å²) in [6, 6.07) is 2.86. The van der Waals surface area contributed by atoms with Crippen LogP contribution in [0.4, 0.5) is 17.6 Å². The molecule has 2 rings (SSSR count). The Bertz CT molecular complexity index is 415. The molecule has 2 N–H and O–H groups in total. The molecule has 0 aliphatic heterocycles. The van der Waals surface area contributed by atoms with Crippen molar-refractivity contribution in [2.24, 2.45) is 5.73 Å². The summed E-state index contributed by atoms with van der Waals surface area (Å²) in [4.78, 5) is 0. The summed E-state index contributed by atoms with van der Waals surface area (Å²) < 4.78 is 51.5. The third kappa shape index (κ3) is 2.04. The van der Waals surface area contributed by atoms with Crippen molar-refractivity contribution in [3.05, 3.63) is 35.1 Å². The maximum absolute atomic E-state index is 13.0. The fourth-order valence-corrected chi connectivity index (χ4v) is 2.40. The van der Waals surface area contributed by atoms with Crippen LogP contribution >= 0.6 is 0 Å². The summed E-state index contributed by atoms with van der Waals surface area (Å²) in [7, 11) is 0. The molecular formula is C12H13F4N. The summed E-state index contributed by atoms with van der Waals surface area (Å²) >= 11 is 0. The van der Waals surface area contributed by atoms with Crippen molar-refractivity contribution < 1.29 is 17.6 Å². The fraction of sp³-hybridized carbons (Fsp3) is 0.500. The zero-order valence-electron chi connectivity index (χ0n) is 9.15. The molecule has 94 valence electrons. The summed E-state index contributed by atoms with van der Waals surface area (Å²) in [5.74, 6) is -0.868. The van der Waals surface area contributed by atoms with Crippen LogP contribution in [0.1, 0.15) is 30.4 Å². The minimum Gasteiger partial charge on any atom is -0.330 e. The number of rotatable bonds is 2. The first kappa shape index (κ1) is 12.4. The highest BCUT2D eigenvalue weighted by Crippen LogP contribution is 2.47. The van der Waals surface area contributed by atoms with E-state index in [2.05, 4.69) is 0 Å². The van der Waals surface area contributed by atoms with Crippen LogP contribution in [0.5, 0.6) is 0 Å². The van der Waals surface area contributed by atoms with Gasteiger partial charge in [-0.1, -0.05) is 12.5 Å². The first-order valence-corrected chi connectivity index (χ1v) is 5.46. The van der Waals surface area contributed by atoms with Gasteiger partial charge in [-0.2, -0.15) is 13.2 Å². The van der Waals surface area contributed by atoms with Crippen LogP contribution in [0.15, 0.2) is 18.2 Å². The number of hydrogen-bond acceptors (Lipinski definition) is 1. The normalized spacial score (nSPS) is 18.9. The number of nitrogens with two attached hydrogens (primary N) is 1. The number of alkyl halides is 3. The molecule has 1 aliphatic carbocycles. The lowest BCUT2D eigenvalue weighted by atomic mass is 9.63. The number of benzene rings is 1. The predicted octanol–water partition coefficient (Wildman–Crippen LogP) is 3.22. The molecule has 0 unspecified atom stereocenters. The minimum absolute atomic E-state index is 0.139. The molecule has 1 aliphatic rings. The SMILES string of the molecule is NCC1(c2ccc(F)cc2C(F)(F)F)CCC1. The van der Waals surface area contributed by atoms with E-state index in [-0.39, 0.29) is 12.1 Å². The minimum atomic E-state index is -4.53. The number of halogens is 4. The van der Waals surface area contributed by atoms with Crippen molar-refractivity contribution in [1.29, 1.82) is 0 Å². The van der Waals surface area contributed by atoms with E-state index in [0.29, 0.717) is 18.9 Å². The van der Waals surface area contributed by atoms with E-state index in [0.717, 1.165) is 12.5 Å². The lowest BCUT2D eigenvalue weighted by Crippen LogP contribution is -2.43. The van der Waals surface area contributed by atoms with Crippen molar-refractivity contribution in [1.82, 2.24) is 0 Å². The molecule has 1 saturated carbocycles. The first-order valence-electron chi connectivity index (χ1n) is 5.46. The predicted molar refractivity (Wildman–Crippen MR) is 56.0 cm³/mol. The molecule has 0 atom stereocenters. The van der Waals surface area contributed by atoms with Gasteiger partial charge in [-0.05, 0) is 30.5 Å². The average Bonchev–Trinajstić information content (AvgIpc) is 2.17. The Hall–Kier alpha value is -1.10. The van der Waals surface area contributed by atoms with Crippen LogP contribution < -0.4 is 5.73 Å². The van der Waals surface area contributed by atoms with Gasteiger partial charge in [0, 0.05) is 12.0 Å². The van der Waals surface area contributed by atoms with Crippen LogP contribution in [0, 0.1) is 5.82 Å². The van der Waals surface area contributed by atoms with Crippen molar-refractivity contribution >= 4 is 0 Å². The maximum Gasteiger partial charge on any atom is 0.416 e. The first-order chi connectivity index (χ1) is 7.89. The second kappa shape index (κ2) is 3.98. The summed E-state index contributed by atoms with van der Waals surface area (Å²) in [6.07, 6.45) is -2.39. The van der Waals surface area contributed by atoms with Gasteiger partial charge in [-0.25, -0.2) is 4.39 Å². The molecule has 1 aromatic carbocycles. The highest BCUT2D eigenvalue weighted by atomic mass is 19.4. The Morgan fingerprint density at radius 3 is 2.29 bits per heavy atom. The lowest BCUT2D eigenvalue weighted by molar-refractivity contribution is -0.139. The quantitative estimate of drug-likeness (QED) is 0.798. The zero-order valence-corrected chi connectivity index (χ0v) is 9.15. The molecule has 17 heavy (non-hydrogen) atoms. The third-order valence-electron chi connectivity index (χ3n) is 3.56. The highest BCUT2D eigenvalue weighted by Gasteiger charge is 2.44. The van der Waals surface area contributed by atoms with E-state index < -0.39 is 23.0 Å². The van der Waals surface area contributed by atoms with Crippen LogP contribution in [-0.2, 0) is 11.6 Å². The molecule has 0 saturated heterocycles. The van der Waals surface area contributed by atoms with Gasteiger partial charge in [0.15, 0.2) is 0 Å². The van der Waals surface area contributed by atoms with Gasteiger partial charge < -0.3 is 5.73 Å². The van der Waals surface area contributed by atoms with Gasteiger partial charge in [-0.15, -0.1) is 0 Å². The van der Waals surface area contributed by atoms with Crippen molar-refractivity contribution in [2.45, 2.75) is 30.9 Å². The Kier molecular flexibility index (Phi) is 2.89. The monoisotopic (exact) mass is 247 g/mol. The van der Waals surface area contributed by atoms with Gasteiger partial charge in [-0.3, -0.25) is 0 Å². The molecule has 0 spiro atoms. The Morgan fingerprint density at radius 1 is 1.24 bits per heavy atom. The van der Waals surface area contributed by atoms with Crippen molar-refractivity contribution in [3.63, 3.8) is 0 Å². The third-order valence-corrected chi connectivity index (χ3v) is 3.56. The van der Waals surface area contributed by atoms with E-state index in [1.54, 1.807) is 0 Å². The molecule has 1 fully saturated rings. The molecule has 0 aromatic heterocycles. The molecular weight excluding hydrogens is 234 g/mol. The van der Waals surface area contributed by atoms with Gasteiger partial charge in [0.05, 0.1) is 5.56 Å². The van der Waals surface area contributed by atoms with Gasteiger partial charge >= 0.3 is 6.18 Å². The fourth-order valence-electron chi connectivity index (χ4n) is 2.40. The Labute approximate surface area is 96.6 Å². The number of hydrogen-bond donors (Lipinski definition) is 1. The van der Waals surface area contributed by atoms with Gasteiger partial charge in [0.1, 0.15) is 5.82 Å². The average molecular weight is 247 g/mol. The topological polar surface area (TPSA) is 26.0 Å². The summed E-state index contributed by atoms with van der Waals surface area (Å²) in [6.45, 7) is 0.168. The van der Waals surface area contributed by atoms with E-state index in [1.165, 1.54) is 6.07 Å². The molecule has 1 nitrogen and oxygen atoms in total. The molecule has 1 aromatic rings. The largest absolute Gasteiger partial charge is 0.416 e. The lowest BCUT2D eigenvalue weighted by Gasteiger charge is -2.42. The molecule has 0 heterocycles. The highest BCUT2D eigenvalue weighted by molar-refractivity contribution is 5.39. The molecule has 5 heteroatoms. The van der Waals surface area contributed by atoms with Crippen LogP contribution in [0.3, 0.4) is 0 Å². The van der Waals surface area contributed by atoms with E-state index in [4.69, 9.17) is 5.73 Å². The van der Waals surface area contributed by atoms with Crippen molar-refractivity contribution in [2.75, 3.05) is 6.54 Å². The van der Waals surface area contributed by atoms with Crippen LogP contribution in [0.2, 0.25) is 0 Å². The van der Waals surface area contributed by atoms with E-state index in [9.17, 15) is 17.6 Å². The van der Waals surface area contributed by atoms with Gasteiger partial charge in [0.25, 0.3) is 0 Å². The smallest absolute Gasteiger partial charge is 0.330 e. The Morgan fingerprint density at radius 2 is 1.88 bits per heavy atom. The maximum atomic E-state index is 13.0. The summed E-state index contributed by atoms with van der Waals surface area (Å²) in [5, 5.41) is 0. The molecule has 0 radical (unpaired) electrons. The van der Waals surface area contributed by atoms with Gasteiger partial charge in [0.2, 0.25) is 0 Å². The Balaban J connectivity index is 2.53. The second-order valence-corrected chi connectivity index (χ2v) is 4.53. The zero-order chi connectivity index (χ0) is 12.7. The van der Waals surface area contributed by atoms with Crippen molar-refractivity contribution in [3.8, 4) is 0 Å². The van der Waals surface area contributed by atoms with Crippen LogP contribution in [-0.4, -0.2) is 6.54 Å². The van der Waals surface area contributed by atoms with E-state index in [1.807, 2.05) is 0 Å². The molecule has 0 bridgehead atoms. The summed E-state index contributed by atoms with van der Waals surface area (Å²) in [5.41, 5.74) is 4.23. The van der Waals surface area contributed by atoms with E-state index >= 15 is 0 Å². The standard InChI is InChI=1S/C12H13F4N/c13-8-2-3-9(10(6-8)12(14,15)16)11(7-17)4-1-5-11/h2-3,6H,1,4-5,7,17H2. The second-order valence-electron chi connectivity index (χ2n) is 4.53. The van der Waals surface area contributed by atoms with Crippen LogP contribution in [0.25, 0.3) is 0 Å². The molecule has 0 amide bonds.